The van der Waals surface area contributed by atoms with Gasteiger partial charge in [0.25, 0.3) is 0 Å². The monoisotopic (exact) mass is 262 g/mol. The van der Waals surface area contributed by atoms with E-state index in [1.807, 2.05) is 6.92 Å². The third-order valence-corrected chi connectivity index (χ3v) is 3.76. The Morgan fingerprint density at radius 3 is 2.29 bits per heavy atom. The van der Waals surface area contributed by atoms with Gasteiger partial charge in [0.15, 0.2) is 0 Å². The minimum atomic E-state index is -2.79. The van der Waals surface area contributed by atoms with Crippen LogP contribution in [0.1, 0.15) is 19.4 Å². The Labute approximate surface area is 104 Å². The predicted octanol–water partition coefficient (Wildman–Crippen LogP) is 3.29. The summed E-state index contributed by atoms with van der Waals surface area (Å²) in [5.74, 6) is 0.901. The Bertz CT molecular complexity index is 328. The van der Waals surface area contributed by atoms with E-state index in [0.717, 1.165) is 11.3 Å². The lowest BCUT2D eigenvalue weighted by molar-refractivity contribution is -0.0498. The number of aliphatic hydroxyl groups is 1. The van der Waals surface area contributed by atoms with Gasteiger partial charge in [-0.05, 0) is 24.6 Å². The quantitative estimate of drug-likeness (QED) is 0.853. The third kappa shape index (κ3) is 5.37. The van der Waals surface area contributed by atoms with E-state index >= 15 is 0 Å². The van der Waals surface area contributed by atoms with Crippen molar-refractivity contribution >= 4 is 11.8 Å². The molecule has 0 aliphatic carbocycles. The number of hydrogen-bond donors (Lipinski definition) is 1. The first-order valence-electron chi connectivity index (χ1n) is 5.32. The van der Waals surface area contributed by atoms with E-state index in [1.54, 1.807) is 30.8 Å². The zero-order valence-electron chi connectivity index (χ0n) is 9.77. The number of halogens is 2. The van der Waals surface area contributed by atoms with E-state index in [9.17, 15) is 13.9 Å². The van der Waals surface area contributed by atoms with Crippen molar-refractivity contribution in [3.05, 3.63) is 29.8 Å². The second kappa shape index (κ2) is 6.81. The molecule has 1 rings (SSSR count). The van der Waals surface area contributed by atoms with E-state index in [1.165, 1.54) is 12.1 Å². The maximum atomic E-state index is 11.9. The molecule has 0 bridgehead atoms. The summed E-state index contributed by atoms with van der Waals surface area (Å²) < 4.78 is 28.1. The second-order valence-electron chi connectivity index (χ2n) is 3.78. The van der Waals surface area contributed by atoms with Crippen molar-refractivity contribution in [3.8, 4) is 5.75 Å². The Balaban J connectivity index is 2.45. The van der Waals surface area contributed by atoms with Gasteiger partial charge in [-0.2, -0.15) is 20.5 Å². The molecule has 0 fully saturated rings. The SMILES string of the molecule is C[C@H](O)[C@H](C)SCc1ccc(OC(F)F)cc1. The zero-order chi connectivity index (χ0) is 12.8. The van der Waals surface area contributed by atoms with Gasteiger partial charge in [-0.15, -0.1) is 0 Å². The van der Waals surface area contributed by atoms with Gasteiger partial charge in [0, 0.05) is 11.0 Å². The molecule has 0 amide bonds. The lowest BCUT2D eigenvalue weighted by atomic mass is 10.2. The van der Waals surface area contributed by atoms with Crippen LogP contribution in [0.25, 0.3) is 0 Å². The molecule has 0 aliphatic rings. The molecule has 96 valence electrons. The number of benzene rings is 1. The highest BCUT2D eigenvalue weighted by molar-refractivity contribution is 7.99. The van der Waals surface area contributed by atoms with Crippen LogP contribution in [0.2, 0.25) is 0 Å². The summed E-state index contributed by atoms with van der Waals surface area (Å²) in [6, 6.07) is 6.54. The minimum absolute atomic E-state index is 0.145. The first-order valence-corrected chi connectivity index (χ1v) is 6.37. The molecule has 17 heavy (non-hydrogen) atoms. The fourth-order valence-electron chi connectivity index (χ4n) is 1.13. The summed E-state index contributed by atoms with van der Waals surface area (Å²) in [6.45, 7) is 0.909. The molecule has 0 spiro atoms. The molecule has 0 aromatic heterocycles. The summed E-state index contributed by atoms with van der Waals surface area (Å²) in [4.78, 5) is 0. The van der Waals surface area contributed by atoms with E-state index in [-0.39, 0.29) is 17.1 Å². The van der Waals surface area contributed by atoms with Gasteiger partial charge >= 0.3 is 6.61 Å². The smallest absolute Gasteiger partial charge is 0.387 e. The first-order chi connectivity index (χ1) is 7.99. The fourth-order valence-corrected chi connectivity index (χ4v) is 2.06. The van der Waals surface area contributed by atoms with Crippen LogP contribution < -0.4 is 4.74 Å². The topological polar surface area (TPSA) is 29.5 Å². The van der Waals surface area contributed by atoms with Gasteiger partial charge in [-0.3, -0.25) is 0 Å². The Morgan fingerprint density at radius 1 is 1.24 bits per heavy atom. The molecule has 1 N–H and O–H groups in total. The number of thioether (sulfide) groups is 1. The Morgan fingerprint density at radius 2 is 1.82 bits per heavy atom. The van der Waals surface area contributed by atoms with Gasteiger partial charge in [0.1, 0.15) is 5.75 Å². The van der Waals surface area contributed by atoms with Crippen molar-refractivity contribution in [2.24, 2.45) is 0 Å². The van der Waals surface area contributed by atoms with Crippen molar-refractivity contribution in [1.29, 1.82) is 0 Å². The molecule has 5 heteroatoms. The number of aliphatic hydroxyl groups excluding tert-OH is 1. The average Bonchev–Trinajstić information content (AvgIpc) is 2.26. The average molecular weight is 262 g/mol. The standard InChI is InChI=1S/C12H16F2O2S/c1-8(15)9(2)17-7-10-3-5-11(6-4-10)16-12(13)14/h3-6,8-9,12,15H,7H2,1-2H3/t8-,9-/m0/s1. The molecule has 2 atom stereocenters. The van der Waals surface area contributed by atoms with E-state index in [4.69, 9.17) is 0 Å². The fraction of sp³-hybridized carbons (Fsp3) is 0.500. The highest BCUT2D eigenvalue weighted by Crippen LogP contribution is 2.22. The largest absolute Gasteiger partial charge is 0.435 e. The van der Waals surface area contributed by atoms with Gasteiger partial charge < -0.3 is 9.84 Å². The molecular formula is C12H16F2O2S. The highest BCUT2D eigenvalue weighted by atomic mass is 32.2. The molecule has 0 saturated heterocycles. The van der Waals surface area contributed by atoms with Crippen LogP contribution in [-0.2, 0) is 5.75 Å². The highest BCUT2D eigenvalue weighted by Gasteiger charge is 2.09. The summed E-state index contributed by atoms with van der Waals surface area (Å²) in [6.07, 6.45) is -0.360. The third-order valence-electron chi connectivity index (χ3n) is 2.34. The molecule has 0 heterocycles. The van der Waals surface area contributed by atoms with Crippen LogP contribution >= 0.6 is 11.8 Å². The summed E-state index contributed by atoms with van der Waals surface area (Å²) >= 11 is 1.62. The lowest BCUT2D eigenvalue weighted by Crippen LogP contribution is -2.15. The zero-order valence-corrected chi connectivity index (χ0v) is 10.6. The molecule has 2 nitrogen and oxygen atoms in total. The number of rotatable bonds is 6. The van der Waals surface area contributed by atoms with Crippen LogP contribution in [0.4, 0.5) is 8.78 Å². The molecular weight excluding hydrogens is 246 g/mol. The van der Waals surface area contributed by atoms with Crippen LogP contribution in [-0.4, -0.2) is 23.1 Å². The predicted molar refractivity (Wildman–Crippen MR) is 65.5 cm³/mol. The van der Waals surface area contributed by atoms with Crippen molar-refractivity contribution < 1.29 is 18.6 Å². The van der Waals surface area contributed by atoms with Crippen LogP contribution in [0.3, 0.4) is 0 Å². The molecule has 1 aromatic carbocycles. The Hall–Kier alpha value is -0.810. The van der Waals surface area contributed by atoms with Crippen LogP contribution in [0, 0.1) is 0 Å². The molecule has 0 radical (unpaired) electrons. The Kier molecular flexibility index (Phi) is 5.71. The number of alkyl halides is 2. The van der Waals surface area contributed by atoms with Crippen LogP contribution in [0.5, 0.6) is 5.75 Å². The van der Waals surface area contributed by atoms with E-state index < -0.39 is 6.61 Å². The number of hydrogen-bond acceptors (Lipinski definition) is 3. The second-order valence-corrected chi connectivity index (χ2v) is 5.14. The van der Waals surface area contributed by atoms with Gasteiger partial charge in [-0.1, -0.05) is 19.1 Å². The molecule has 1 aromatic rings. The van der Waals surface area contributed by atoms with Crippen molar-refractivity contribution in [1.82, 2.24) is 0 Å². The maximum Gasteiger partial charge on any atom is 0.387 e. The number of ether oxygens (including phenoxy) is 1. The van der Waals surface area contributed by atoms with E-state index in [2.05, 4.69) is 4.74 Å². The maximum absolute atomic E-state index is 11.9. The summed E-state index contributed by atoms with van der Waals surface area (Å²) in [5.41, 5.74) is 1.02. The molecule has 0 aliphatic heterocycles. The molecule has 0 saturated carbocycles. The minimum Gasteiger partial charge on any atom is -0.435 e. The summed E-state index contributed by atoms with van der Waals surface area (Å²) in [7, 11) is 0. The van der Waals surface area contributed by atoms with E-state index in [0.29, 0.717) is 0 Å². The normalized spacial score (nSPS) is 14.7. The lowest BCUT2D eigenvalue weighted by Gasteiger charge is -2.14. The molecule has 0 unspecified atom stereocenters. The van der Waals surface area contributed by atoms with Crippen LogP contribution in [0.15, 0.2) is 24.3 Å². The van der Waals surface area contributed by atoms with Crippen molar-refractivity contribution in [2.45, 2.75) is 37.6 Å². The van der Waals surface area contributed by atoms with Gasteiger partial charge in [0.05, 0.1) is 6.10 Å². The van der Waals surface area contributed by atoms with Gasteiger partial charge in [0.2, 0.25) is 0 Å². The van der Waals surface area contributed by atoms with Gasteiger partial charge in [-0.25, -0.2) is 0 Å². The summed E-state index contributed by atoms with van der Waals surface area (Å²) in [5, 5.41) is 9.46. The van der Waals surface area contributed by atoms with Crippen molar-refractivity contribution in [2.75, 3.05) is 0 Å². The first kappa shape index (κ1) is 14.3. The van der Waals surface area contributed by atoms with Crippen molar-refractivity contribution in [3.63, 3.8) is 0 Å².